The number of nitrogens with one attached hydrogen (secondary N) is 1. The third-order valence-electron chi connectivity index (χ3n) is 5.85. The minimum absolute atomic E-state index is 0.0530. The molecule has 0 spiro atoms. The SMILES string of the molecule is Cc1cc(/C=N\NC(=O)CN(Cc2ccccc2)S(=O)(=O)c2ccccc2)c(C)n1-c1ccc(Cl)cc1. The Balaban J connectivity index is 1.50. The predicted octanol–water partition coefficient (Wildman–Crippen LogP) is 5.09. The van der Waals surface area contributed by atoms with Crippen LogP contribution in [0.4, 0.5) is 0 Å². The molecule has 0 radical (unpaired) electrons. The summed E-state index contributed by atoms with van der Waals surface area (Å²) < 4.78 is 29.8. The molecule has 4 aromatic rings. The number of carbonyl (C=O) groups is 1. The van der Waals surface area contributed by atoms with Gasteiger partial charge in [0.2, 0.25) is 10.0 Å². The second-order valence-electron chi connectivity index (χ2n) is 8.50. The molecule has 0 atom stereocenters. The number of aromatic nitrogens is 1. The summed E-state index contributed by atoms with van der Waals surface area (Å²) in [6.45, 7) is 3.61. The summed E-state index contributed by atoms with van der Waals surface area (Å²) >= 11 is 6.01. The van der Waals surface area contributed by atoms with E-state index in [1.165, 1.54) is 12.1 Å². The molecule has 1 amide bonds. The monoisotopic (exact) mass is 534 g/mol. The number of aryl methyl sites for hydroxylation is 1. The summed E-state index contributed by atoms with van der Waals surface area (Å²) in [6, 6.07) is 26.7. The molecule has 1 heterocycles. The van der Waals surface area contributed by atoms with Gasteiger partial charge < -0.3 is 4.57 Å². The van der Waals surface area contributed by atoms with Crippen LogP contribution in [0.1, 0.15) is 22.5 Å². The summed E-state index contributed by atoms with van der Waals surface area (Å²) in [6.07, 6.45) is 1.56. The number of hydrazone groups is 1. The smallest absolute Gasteiger partial charge is 0.255 e. The number of rotatable bonds is 9. The molecule has 7 nitrogen and oxygen atoms in total. The third kappa shape index (κ3) is 6.35. The lowest BCUT2D eigenvalue weighted by Gasteiger charge is -2.21. The minimum atomic E-state index is -3.91. The van der Waals surface area contributed by atoms with Crippen LogP contribution in [0.15, 0.2) is 101 Å². The number of sulfonamides is 1. The van der Waals surface area contributed by atoms with Crippen molar-refractivity contribution < 1.29 is 13.2 Å². The van der Waals surface area contributed by atoms with Crippen LogP contribution in [-0.2, 0) is 21.4 Å². The Morgan fingerprint density at radius 3 is 2.24 bits per heavy atom. The van der Waals surface area contributed by atoms with Crippen molar-refractivity contribution in [1.29, 1.82) is 0 Å². The highest BCUT2D eigenvalue weighted by Gasteiger charge is 2.26. The van der Waals surface area contributed by atoms with E-state index in [-0.39, 0.29) is 18.0 Å². The molecular formula is C28H27ClN4O3S. The Labute approximate surface area is 222 Å². The summed E-state index contributed by atoms with van der Waals surface area (Å²) in [5.74, 6) is -0.543. The molecule has 0 aliphatic carbocycles. The maximum Gasteiger partial charge on any atom is 0.255 e. The van der Waals surface area contributed by atoms with Crippen LogP contribution in [0.25, 0.3) is 5.69 Å². The maximum atomic E-state index is 13.3. The molecule has 9 heteroatoms. The molecular weight excluding hydrogens is 508 g/mol. The van der Waals surface area contributed by atoms with E-state index in [4.69, 9.17) is 11.6 Å². The molecule has 3 aromatic carbocycles. The van der Waals surface area contributed by atoms with Gasteiger partial charge >= 0.3 is 0 Å². The highest BCUT2D eigenvalue weighted by molar-refractivity contribution is 7.89. The van der Waals surface area contributed by atoms with Crippen molar-refractivity contribution in [3.8, 4) is 5.69 Å². The van der Waals surface area contributed by atoms with E-state index in [9.17, 15) is 13.2 Å². The Bertz CT molecular complexity index is 1500. The number of hydrogen-bond donors (Lipinski definition) is 1. The average molecular weight is 535 g/mol. The summed E-state index contributed by atoms with van der Waals surface area (Å²) in [4.78, 5) is 12.9. The Kier molecular flexibility index (Phi) is 8.23. The first kappa shape index (κ1) is 26.3. The Morgan fingerprint density at radius 1 is 0.973 bits per heavy atom. The first-order valence-corrected chi connectivity index (χ1v) is 13.4. The zero-order chi connectivity index (χ0) is 26.4. The van der Waals surface area contributed by atoms with Gasteiger partial charge in [-0.2, -0.15) is 9.41 Å². The molecule has 0 unspecified atom stereocenters. The van der Waals surface area contributed by atoms with E-state index >= 15 is 0 Å². The van der Waals surface area contributed by atoms with Crippen molar-refractivity contribution in [2.75, 3.05) is 6.54 Å². The molecule has 190 valence electrons. The number of amides is 1. The van der Waals surface area contributed by atoms with Crippen molar-refractivity contribution >= 4 is 33.7 Å². The molecule has 0 saturated carbocycles. The van der Waals surface area contributed by atoms with Gasteiger partial charge in [-0.25, -0.2) is 13.8 Å². The predicted molar refractivity (Wildman–Crippen MR) is 146 cm³/mol. The standard InChI is InChI=1S/C28H27ClN4O3S/c1-21-17-24(22(2)33(21)26-15-13-25(29)14-16-26)18-30-31-28(34)20-32(19-23-9-5-3-6-10-23)37(35,36)27-11-7-4-8-12-27/h3-18H,19-20H2,1-2H3,(H,31,34)/b30-18-. The van der Waals surface area contributed by atoms with Crippen molar-refractivity contribution in [3.05, 3.63) is 119 Å². The molecule has 37 heavy (non-hydrogen) atoms. The summed E-state index contributed by atoms with van der Waals surface area (Å²) in [5.41, 5.74) is 6.97. The minimum Gasteiger partial charge on any atom is -0.318 e. The Hall–Kier alpha value is -3.72. The van der Waals surface area contributed by atoms with Gasteiger partial charge in [-0.3, -0.25) is 4.79 Å². The third-order valence-corrected chi connectivity index (χ3v) is 7.91. The van der Waals surface area contributed by atoms with Gasteiger partial charge in [-0.05, 0) is 61.9 Å². The fraction of sp³-hybridized carbons (Fsp3) is 0.143. The van der Waals surface area contributed by atoms with Gasteiger partial charge in [0, 0.05) is 34.2 Å². The first-order chi connectivity index (χ1) is 17.8. The second-order valence-corrected chi connectivity index (χ2v) is 10.9. The summed E-state index contributed by atoms with van der Waals surface area (Å²) in [5, 5.41) is 4.76. The lowest BCUT2D eigenvalue weighted by Crippen LogP contribution is -2.39. The fourth-order valence-corrected chi connectivity index (χ4v) is 5.56. The van der Waals surface area contributed by atoms with Gasteiger partial charge in [-0.1, -0.05) is 60.1 Å². The molecule has 0 bridgehead atoms. The normalized spacial score (nSPS) is 11.8. The molecule has 0 aliphatic heterocycles. The van der Waals surface area contributed by atoms with Gasteiger partial charge in [0.05, 0.1) is 17.7 Å². The van der Waals surface area contributed by atoms with Crippen LogP contribution in [0.3, 0.4) is 0 Å². The first-order valence-electron chi connectivity index (χ1n) is 11.6. The maximum absolute atomic E-state index is 13.3. The van der Waals surface area contributed by atoms with Crippen LogP contribution in [-0.4, -0.2) is 36.0 Å². The highest BCUT2D eigenvalue weighted by atomic mass is 35.5. The van der Waals surface area contributed by atoms with E-state index in [0.717, 1.165) is 32.5 Å². The van der Waals surface area contributed by atoms with Crippen molar-refractivity contribution in [1.82, 2.24) is 14.3 Å². The van der Waals surface area contributed by atoms with Crippen molar-refractivity contribution in [3.63, 3.8) is 0 Å². The number of halogens is 1. The number of benzene rings is 3. The molecule has 0 saturated heterocycles. The van der Waals surface area contributed by atoms with Crippen molar-refractivity contribution in [2.45, 2.75) is 25.3 Å². The number of nitrogens with zero attached hydrogens (tertiary/aromatic N) is 3. The van der Waals surface area contributed by atoms with Gasteiger partial charge in [0.25, 0.3) is 5.91 Å². The van der Waals surface area contributed by atoms with E-state index in [1.807, 2.05) is 74.5 Å². The van der Waals surface area contributed by atoms with E-state index in [0.29, 0.717) is 5.02 Å². The number of carbonyl (C=O) groups excluding carboxylic acids is 1. The van der Waals surface area contributed by atoms with Gasteiger partial charge in [0.1, 0.15) is 0 Å². The molecule has 1 N–H and O–H groups in total. The highest BCUT2D eigenvalue weighted by Crippen LogP contribution is 2.21. The van der Waals surface area contributed by atoms with Crippen LogP contribution >= 0.6 is 11.6 Å². The van der Waals surface area contributed by atoms with Crippen molar-refractivity contribution in [2.24, 2.45) is 5.10 Å². The molecule has 0 fully saturated rings. The zero-order valence-electron chi connectivity index (χ0n) is 20.5. The van der Waals surface area contributed by atoms with Gasteiger partial charge in [0.15, 0.2) is 0 Å². The Morgan fingerprint density at radius 2 is 1.59 bits per heavy atom. The molecule has 4 rings (SSSR count). The number of hydrogen-bond acceptors (Lipinski definition) is 4. The largest absolute Gasteiger partial charge is 0.318 e. The lowest BCUT2D eigenvalue weighted by molar-refractivity contribution is -0.121. The second kappa shape index (κ2) is 11.6. The van der Waals surface area contributed by atoms with Gasteiger partial charge in [-0.15, -0.1) is 0 Å². The van der Waals surface area contributed by atoms with E-state index in [1.54, 1.807) is 24.4 Å². The average Bonchev–Trinajstić information content (AvgIpc) is 3.18. The molecule has 1 aromatic heterocycles. The van der Waals surface area contributed by atoms with E-state index < -0.39 is 15.9 Å². The quantitative estimate of drug-likeness (QED) is 0.240. The van der Waals surface area contributed by atoms with Crippen LogP contribution in [0.2, 0.25) is 5.02 Å². The molecule has 0 aliphatic rings. The lowest BCUT2D eigenvalue weighted by atomic mass is 10.2. The van der Waals surface area contributed by atoms with Crippen LogP contribution < -0.4 is 5.43 Å². The van der Waals surface area contributed by atoms with E-state index in [2.05, 4.69) is 15.1 Å². The zero-order valence-corrected chi connectivity index (χ0v) is 22.1. The van der Waals surface area contributed by atoms with Crippen LogP contribution in [0.5, 0.6) is 0 Å². The fourth-order valence-electron chi connectivity index (χ4n) is 4.03. The topological polar surface area (TPSA) is 83.8 Å². The van der Waals surface area contributed by atoms with Crippen LogP contribution in [0, 0.1) is 13.8 Å². The summed E-state index contributed by atoms with van der Waals surface area (Å²) in [7, 11) is -3.91.